The molecular weight excluding hydrogens is 320 g/mol. The number of carbonyl (C=O) groups is 1. The van der Waals surface area contributed by atoms with Crippen LogP contribution in [0.2, 0.25) is 0 Å². The van der Waals surface area contributed by atoms with Crippen LogP contribution in [-0.2, 0) is 17.6 Å². The Labute approximate surface area is 145 Å². The van der Waals surface area contributed by atoms with E-state index in [0.29, 0.717) is 25.3 Å². The molecular formula is C19H20N2O2S. The van der Waals surface area contributed by atoms with Crippen molar-refractivity contribution in [3.8, 4) is 11.3 Å². The van der Waals surface area contributed by atoms with Crippen LogP contribution in [0.15, 0.2) is 52.3 Å². The Morgan fingerprint density at radius 1 is 1.17 bits per heavy atom. The van der Waals surface area contributed by atoms with Crippen molar-refractivity contribution in [1.82, 2.24) is 10.3 Å². The topological polar surface area (TPSA) is 55.1 Å². The van der Waals surface area contributed by atoms with Gasteiger partial charge in [0.1, 0.15) is 11.5 Å². The lowest BCUT2D eigenvalue weighted by Gasteiger charge is -2.05. The maximum atomic E-state index is 11.9. The van der Waals surface area contributed by atoms with Crippen LogP contribution >= 0.6 is 11.3 Å². The highest BCUT2D eigenvalue weighted by Crippen LogP contribution is 2.23. The number of amides is 1. The first-order chi connectivity index (χ1) is 11.7. The zero-order valence-corrected chi connectivity index (χ0v) is 14.4. The standard InChI is InChI=1S/C19H20N2O2S/c1-14-21-19(15-6-3-2-4-7-15)17(23-14)11-12-20-18(22)10-9-16-8-5-13-24-16/h2-8,13H,9-12H2,1H3,(H,20,22). The van der Waals surface area contributed by atoms with E-state index in [0.717, 1.165) is 23.4 Å². The Balaban J connectivity index is 1.52. The van der Waals surface area contributed by atoms with Crippen molar-refractivity contribution in [3.63, 3.8) is 0 Å². The van der Waals surface area contributed by atoms with Gasteiger partial charge in [0.05, 0.1) is 0 Å². The van der Waals surface area contributed by atoms with Crippen LogP contribution in [-0.4, -0.2) is 17.4 Å². The molecule has 0 unspecified atom stereocenters. The molecule has 4 nitrogen and oxygen atoms in total. The molecule has 124 valence electrons. The largest absolute Gasteiger partial charge is 0.445 e. The molecule has 0 aliphatic heterocycles. The minimum Gasteiger partial charge on any atom is -0.445 e. The van der Waals surface area contributed by atoms with E-state index < -0.39 is 0 Å². The number of nitrogens with zero attached hydrogens (tertiary/aromatic N) is 1. The van der Waals surface area contributed by atoms with Crippen molar-refractivity contribution in [2.75, 3.05) is 6.54 Å². The molecule has 1 N–H and O–H groups in total. The number of hydrogen-bond acceptors (Lipinski definition) is 4. The van der Waals surface area contributed by atoms with Crippen molar-refractivity contribution < 1.29 is 9.21 Å². The number of oxazole rings is 1. The van der Waals surface area contributed by atoms with Gasteiger partial charge in [-0.15, -0.1) is 11.3 Å². The van der Waals surface area contributed by atoms with Crippen LogP contribution in [0.4, 0.5) is 0 Å². The molecule has 3 aromatic rings. The van der Waals surface area contributed by atoms with Gasteiger partial charge < -0.3 is 9.73 Å². The molecule has 1 aromatic carbocycles. The molecule has 0 aliphatic carbocycles. The van der Waals surface area contributed by atoms with Gasteiger partial charge in [-0.1, -0.05) is 36.4 Å². The molecule has 0 aliphatic rings. The second-order valence-electron chi connectivity index (χ2n) is 5.55. The lowest BCUT2D eigenvalue weighted by Crippen LogP contribution is -2.25. The van der Waals surface area contributed by atoms with Gasteiger partial charge in [-0.25, -0.2) is 4.98 Å². The summed E-state index contributed by atoms with van der Waals surface area (Å²) in [6.45, 7) is 2.40. The van der Waals surface area contributed by atoms with Crippen molar-refractivity contribution in [3.05, 3.63) is 64.4 Å². The van der Waals surface area contributed by atoms with E-state index in [1.165, 1.54) is 4.88 Å². The second kappa shape index (κ2) is 7.93. The SMILES string of the molecule is Cc1nc(-c2ccccc2)c(CCNC(=O)CCc2cccs2)o1. The molecule has 5 heteroatoms. The molecule has 3 rings (SSSR count). The number of benzene rings is 1. The first-order valence-corrected chi connectivity index (χ1v) is 8.91. The van der Waals surface area contributed by atoms with Crippen LogP contribution in [0.1, 0.15) is 22.9 Å². The maximum Gasteiger partial charge on any atom is 0.220 e. The summed E-state index contributed by atoms with van der Waals surface area (Å²) in [5.41, 5.74) is 1.90. The number of thiophene rings is 1. The smallest absolute Gasteiger partial charge is 0.220 e. The summed E-state index contributed by atoms with van der Waals surface area (Å²) in [5.74, 6) is 1.53. The Morgan fingerprint density at radius 3 is 2.75 bits per heavy atom. The molecule has 0 radical (unpaired) electrons. The van der Waals surface area contributed by atoms with Gasteiger partial charge in [0.25, 0.3) is 0 Å². The monoisotopic (exact) mass is 340 g/mol. The van der Waals surface area contributed by atoms with E-state index in [1.54, 1.807) is 11.3 Å². The Morgan fingerprint density at radius 2 is 2.00 bits per heavy atom. The lowest BCUT2D eigenvalue weighted by molar-refractivity contribution is -0.121. The fraction of sp³-hybridized carbons (Fsp3) is 0.263. The summed E-state index contributed by atoms with van der Waals surface area (Å²) in [5, 5.41) is 4.99. The maximum absolute atomic E-state index is 11.9. The zero-order chi connectivity index (χ0) is 16.8. The Bertz CT molecular complexity index is 779. The van der Waals surface area contributed by atoms with Crippen molar-refractivity contribution in [2.24, 2.45) is 0 Å². The Kier molecular flexibility index (Phi) is 5.43. The van der Waals surface area contributed by atoms with E-state index in [1.807, 2.05) is 48.7 Å². The van der Waals surface area contributed by atoms with Gasteiger partial charge in [0.2, 0.25) is 5.91 Å². The number of aryl methyl sites for hydroxylation is 2. The van der Waals surface area contributed by atoms with Gasteiger partial charge in [-0.05, 0) is 17.9 Å². The fourth-order valence-corrected chi connectivity index (χ4v) is 3.26. The van der Waals surface area contributed by atoms with Gasteiger partial charge in [0.15, 0.2) is 5.89 Å². The molecule has 0 saturated carbocycles. The summed E-state index contributed by atoms with van der Waals surface area (Å²) in [4.78, 5) is 17.6. The number of carbonyl (C=O) groups excluding carboxylic acids is 1. The number of nitrogens with one attached hydrogen (secondary N) is 1. The number of rotatable bonds is 7. The van der Waals surface area contributed by atoms with Gasteiger partial charge in [0, 0.05) is 36.8 Å². The molecule has 1 amide bonds. The molecule has 0 atom stereocenters. The average molecular weight is 340 g/mol. The highest BCUT2D eigenvalue weighted by atomic mass is 32.1. The van der Waals surface area contributed by atoms with Crippen LogP contribution in [0.5, 0.6) is 0 Å². The van der Waals surface area contributed by atoms with Crippen LogP contribution < -0.4 is 5.32 Å². The summed E-state index contributed by atoms with van der Waals surface area (Å²) in [6, 6.07) is 14.0. The number of hydrogen-bond donors (Lipinski definition) is 1. The third kappa shape index (κ3) is 4.32. The molecule has 2 heterocycles. The van der Waals surface area contributed by atoms with E-state index in [-0.39, 0.29) is 5.91 Å². The fourth-order valence-electron chi connectivity index (χ4n) is 2.56. The Hall–Kier alpha value is -2.40. The van der Waals surface area contributed by atoms with Crippen LogP contribution in [0.3, 0.4) is 0 Å². The second-order valence-corrected chi connectivity index (χ2v) is 6.58. The van der Waals surface area contributed by atoms with Gasteiger partial charge >= 0.3 is 0 Å². The lowest BCUT2D eigenvalue weighted by atomic mass is 10.1. The zero-order valence-electron chi connectivity index (χ0n) is 13.6. The summed E-state index contributed by atoms with van der Waals surface area (Å²) < 4.78 is 5.71. The number of aromatic nitrogens is 1. The van der Waals surface area contributed by atoms with Gasteiger partial charge in [-0.3, -0.25) is 4.79 Å². The minimum absolute atomic E-state index is 0.0703. The molecule has 0 spiro atoms. The normalized spacial score (nSPS) is 10.7. The summed E-state index contributed by atoms with van der Waals surface area (Å²) in [7, 11) is 0. The van der Waals surface area contributed by atoms with E-state index >= 15 is 0 Å². The van der Waals surface area contributed by atoms with Crippen molar-refractivity contribution >= 4 is 17.2 Å². The highest BCUT2D eigenvalue weighted by molar-refractivity contribution is 7.09. The molecule has 0 saturated heterocycles. The predicted octanol–water partition coefficient (Wildman–Crippen LogP) is 4.00. The van der Waals surface area contributed by atoms with Crippen molar-refractivity contribution in [2.45, 2.75) is 26.2 Å². The van der Waals surface area contributed by atoms with E-state index in [9.17, 15) is 4.79 Å². The van der Waals surface area contributed by atoms with Crippen molar-refractivity contribution in [1.29, 1.82) is 0 Å². The van der Waals surface area contributed by atoms with Crippen LogP contribution in [0.25, 0.3) is 11.3 Å². The highest BCUT2D eigenvalue weighted by Gasteiger charge is 2.13. The molecule has 0 fully saturated rings. The quantitative estimate of drug-likeness (QED) is 0.707. The first-order valence-electron chi connectivity index (χ1n) is 8.03. The van der Waals surface area contributed by atoms with E-state index in [4.69, 9.17) is 4.42 Å². The molecule has 2 aromatic heterocycles. The predicted molar refractivity (Wildman–Crippen MR) is 96.0 cm³/mol. The average Bonchev–Trinajstić information content (AvgIpc) is 3.23. The summed E-state index contributed by atoms with van der Waals surface area (Å²) >= 11 is 1.68. The molecule has 0 bridgehead atoms. The third-order valence-corrected chi connectivity index (χ3v) is 4.64. The van der Waals surface area contributed by atoms with Crippen LogP contribution in [0, 0.1) is 6.92 Å². The minimum atomic E-state index is 0.0703. The third-order valence-electron chi connectivity index (χ3n) is 3.70. The first kappa shape index (κ1) is 16.5. The van der Waals surface area contributed by atoms with E-state index in [2.05, 4.69) is 16.4 Å². The van der Waals surface area contributed by atoms with Gasteiger partial charge in [-0.2, -0.15) is 0 Å². The summed E-state index contributed by atoms with van der Waals surface area (Å²) in [6.07, 6.45) is 1.94. The molecule has 24 heavy (non-hydrogen) atoms.